The molecule has 0 saturated heterocycles. The molecule has 0 saturated carbocycles. The van der Waals surface area contributed by atoms with Crippen LogP contribution in [0.3, 0.4) is 0 Å². The lowest BCUT2D eigenvalue weighted by molar-refractivity contribution is 0.382. The maximum Gasteiger partial charge on any atom is 0.165 e. The summed E-state index contributed by atoms with van der Waals surface area (Å²) in [5, 5.41) is 0. The molecule has 0 aliphatic heterocycles. The normalized spacial score (nSPS) is 10.0. The van der Waals surface area contributed by atoms with Crippen LogP contribution >= 0.6 is 0 Å². The molecule has 0 fully saturated rings. The van der Waals surface area contributed by atoms with Crippen molar-refractivity contribution in [2.24, 2.45) is 0 Å². The first-order chi connectivity index (χ1) is 6.54. The average Bonchev–Trinajstić information content (AvgIpc) is 2.10. The smallest absolute Gasteiger partial charge is 0.165 e. The molecular weight excluding hydrogens is 186 g/mol. The van der Waals surface area contributed by atoms with E-state index >= 15 is 0 Å². The highest BCUT2D eigenvalue weighted by molar-refractivity contribution is 5.32. The number of hydrogen-bond donors (Lipinski definition) is 0. The van der Waals surface area contributed by atoms with Crippen LogP contribution < -0.4 is 4.74 Å². The van der Waals surface area contributed by atoms with Crippen molar-refractivity contribution in [3.63, 3.8) is 0 Å². The minimum atomic E-state index is -0.551. The summed E-state index contributed by atoms with van der Waals surface area (Å²) in [6.45, 7) is 5.41. The van der Waals surface area contributed by atoms with E-state index in [1.165, 1.54) is 7.11 Å². The summed E-state index contributed by atoms with van der Waals surface area (Å²) in [6.07, 6.45) is 0.340. The Labute approximate surface area is 82.0 Å². The fraction of sp³-hybridized carbons (Fsp3) is 0.273. The number of halogens is 2. The van der Waals surface area contributed by atoms with E-state index in [2.05, 4.69) is 11.3 Å². The first kappa shape index (κ1) is 10.7. The van der Waals surface area contributed by atoms with E-state index in [1.807, 2.05) is 0 Å². The zero-order chi connectivity index (χ0) is 10.7. The number of rotatable bonds is 3. The fourth-order valence-electron chi connectivity index (χ4n) is 1.19. The minimum absolute atomic E-state index is 0.0760. The standard InChI is InChI=1S/C11H12F2O/c1-7(2)4-8-5-10(13)11(14-3)6-9(8)12/h5-6H,1,4H2,2-3H3. The van der Waals surface area contributed by atoms with Crippen LogP contribution in [0.25, 0.3) is 0 Å². The van der Waals surface area contributed by atoms with Gasteiger partial charge in [0.05, 0.1) is 7.11 Å². The number of ether oxygens (including phenoxy) is 1. The van der Waals surface area contributed by atoms with E-state index in [0.29, 0.717) is 12.0 Å². The van der Waals surface area contributed by atoms with Gasteiger partial charge in [-0.05, 0) is 25.0 Å². The lowest BCUT2D eigenvalue weighted by atomic mass is 10.1. The van der Waals surface area contributed by atoms with Gasteiger partial charge in [-0.15, -0.1) is 0 Å². The quantitative estimate of drug-likeness (QED) is 0.678. The highest BCUT2D eigenvalue weighted by atomic mass is 19.1. The minimum Gasteiger partial charge on any atom is -0.494 e. The van der Waals surface area contributed by atoms with Gasteiger partial charge in [0.1, 0.15) is 5.82 Å². The highest BCUT2D eigenvalue weighted by Crippen LogP contribution is 2.22. The van der Waals surface area contributed by atoms with E-state index in [1.54, 1.807) is 6.92 Å². The Morgan fingerprint density at radius 1 is 1.36 bits per heavy atom. The Morgan fingerprint density at radius 2 is 2.00 bits per heavy atom. The Morgan fingerprint density at radius 3 is 2.50 bits per heavy atom. The summed E-state index contributed by atoms with van der Waals surface area (Å²) >= 11 is 0. The maximum absolute atomic E-state index is 13.3. The molecule has 0 amide bonds. The molecule has 0 heterocycles. The summed E-state index contributed by atoms with van der Waals surface area (Å²) < 4.78 is 31.1. The summed E-state index contributed by atoms with van der Waals surface area (Å²) in [4.78, 5) is 0. The van der Waals surface area contributed by atoms with Crippen molar-refractivity contribution in [1.82, 2.24) is 0 Å². The van der Waals surface area contributed by atoms with Crippen molar-refractivity contribution in [2.75, 3.05) is 7.11 Å². The van der Waals surface area contributed by atoms with E-state index in [0.717, 1.165) is 17.7 Å². The molecule has 0 N–H and O–H groups in total. The number of benzene rings is 1. The first-order valence-electron chi connectivity index (χ1n) is 4.21. The Balaban J connectivity index is 3.08. The molecule has 0 aliphatic carbocycles. The largest absolute Gasteiger partial charge is 0.494 e. The maximum atomic E-state index is 13.3. The zero-order valence-corrected chi connectivity index (χ0v) is 8.23. The lowest BCUT2D eigenvalue weighted by Crippen LogP contribution is -1.96. The molecule has 3 heteroatoms. The second-order valence-electron chi connectivity index (χ2n) is 3.21. The SMILES string of the molecule is C=C(C)Cc1cc(F)c(OC)cc1F. The van der Waals surface area contributed by atoms with Gasteiger partial charge in [-0.3, -0.25) is 0 Å². The molecule has 0 aliphatic rings. The van der Waals surface area contributed by atoms with Crippen molar-refractivity contribution in [1.29, 1.82) is 0 Å². The second kappa shape index (κ2) is 4.22. The first-order valence-corrected chi connectivity index (χ1v) is 4.21. The Hall–Kier alpha value is -1.38. The summed E-state index contributed by atoms with van der Waals surface area (Å²) in [5.41, 5.74) is 1.09. The second-order valence-corrected chi connectivity index (χ2v) is 3.21. The van der Waals surface area contributed by atoms with Gasteiger partial charge in [0.25, 0.3) is 0 Å². The van der Waals surface area contributed by atoms with Crippen LogP contribution in [0.2, 0.25) is 0 Å². The molecule has 76 valence electrons. The van der Waals surface area contributed by atoms with Gasteiger partial charge in [0, 0.05) is 6.07 Å². The van der Waals surface area contributed by atoms with Crippen LogP contribution in [0.1, 0.15) is 12.5 Å². The molecule has 0 atom stereocenters. The Bertz CT molecular complexity index is 359. The summed E-state index contributed by atoms with van der Waals surface area (Å²) in [7, 11) is 1.30. The van der Waals surface area contributed by atoms with Crippen molar-refractivity contribution in [2.45, 2.75) is 13.3 Å². The molecule has 0 unspecified atom stereocenters. The predicted molar refractivity (Wildman–Crippen MR) is 51.4 cm³/mol. The van der Waals surface area contributed by atoms with E-state index < -0.39 is 11.6 Å². The van der Waals surface area contributed by atoms with Crippen LogP contribution in [-0.4, -0.2) is 7.11 Å². The van der Waals surface area contributed by atoms with Crippen molar-refractivity contribution < 1.29 is 13.5 Å². The third kappa shape index (κ3) is 2.31. The third-order valence-electron chi connectivity index (χ3n) is 1.81. The summed E-state index contributed by atoms with van der Waals surface area (Å²) in [5.74, 6) is -1.09. The van der Waals surface area contributed by atoms with Gasteiger partial charge in [-0.25, -0.2) is 8.78 Å². The van der Waals surface area contributed by atoms with E-state index in [4.69, 9.17) is 0 Å². The molecule has 0 aromatic heterocycles. The average molecular weight is 198 g/mol. The van der Waals surface area contributed by atoms with Crippen LogP contribution in [0.4, 0.5) is 8.78 Å². The van der Waals surface area contributed by atoms with Gasteiger partial charge < -0.3 is 4.74 Å². The predicted octanol–water partition coefficient (Wildman–Crippen LogP) is 3.09. The molecule has 0 radical (unpaired) electrons. The van der Waals surface area contributed by atoms with Crippen LogP contribution in [0, 0.1) is 11.6 Å². The van der Waals surface area contributed by atoms with Gasteiger partial charge >= 0.3 is 0 Å². The van der Waals surface area contributed by atoms with Crippen molar-refractivity contribution >= 4 is 0 Å². The molecule has 1 rings (SSSR count). The number of allylic oxidation sites excluding steroid dienone is 1. The molecule has 0 bridgehead atoms. The topological polar surface area (TPSA) is 9.23 Å². The van der Waals surface area contributed by atoms with Crippen LogP contribution in [0.5, 0.6) is 5.75 Å². The van der Waals surface area contributed by atoms with Crippen LogP contribution in [-0.2, 0) is 6.42 Å². The molecule has 1 aromatic rings. The Kier molecular flexibility index (Phi) is 3.23. The fourth-order valence-corrected chi connectivity index (χ4v) is 1.19. The van der Waals surface area contributed by atoms with Crippen LogP contribution in [0.15, 0.2) is 24.3 Å². The van der Waals surface area contributed by atoms with E-state index in [9.17, 15) is 8.78 Å². The molecule has 1 aromatic carbocycles. The molecule has 1 nitrogen and oxygen atoms in total. The zero-order valence-electron chi connectivity index (χ0n) is 8.23. The highest BCUT2D eigenvalue weighted by Gasteiger charge is 2.09. The number of hydrogen-bond acceptors (Lipinski definition) is 1. The van der Waals surface area contributed by atoms with E-state index in [-0.39, 0.29) is 5.75 Å². The van der Waals surface area contributed by atoms with Gasteiger partial charge in [-0.1, -0.05) is 12.2 Å². The van der Waals surface area contributed by atoms with Crippen molar-refractivity contribution in [3.8, 4) is 5.75 Å². The molecule has 14 heavy (non-hydrogen) atoms. The summed E-state index contributed by atoms with van der Waals surface area (Å²) in [6, 6.07) is 2.19. The van der Waals surface area contributed by atoms with Gasteiger partial charge in [-0.2, -0.15) is 0 Å². The molecule has 0 spiro atoms. The van der Waals surface area contributed by atoms with Gasteiger partial charge in [0.2, 0.25) is 0 Å². The third-order valence-corrected chi connectivity index (χ3v) is 1.81. The number of methoxy groups -OCH3 is 1. The lowest BCUT2D eigenvalue weighted by Gasteiger charge is -2.06. The van der Waals surface area contributed by atoms with Crippen molar-refractivity contribution in [3.05, 3.63) is 41.5 Å². The molecular formula is C11H12F2O. The monoisotopic (exact) mass is 198 g/mol. The van der Waals surface area contributed by atoms with Gasteiger partial charge in [0.15, 0.2) is 11.6 Å².